The first kappa shape index (κ1) is 19.6. The summed E-state index contributed by atoms with van der Waals surface area (Å²) in [5.74, 6) is 1.01. The van der Waals surface area contributed by atoms with Gasteiger partial charge in [-0.3, -0.25) is 0 Å². The summed E-state index contributed by atoms with van der Waals surface area (Å²) in [6.07, 6.45) is 1.66. The van der Waals surface area contributed by atoms with E-state index in [9.17, 15) is 4.79 Å². The minimum atomic E-state index is -0.497. The Morgan fingerprint density at radius 2 is 1.81 bits per heavy atom. The third-order valence-corrected chi connectivity index (χ3v) is 4.93. The third kappa shape index (κ3) is 4.42. The predicted molar refractivity (Wildman–Crippen MR) is 111 cm³/mol. The van der Waals surface area contributed by atoms with E-state index in [2.05, 4.69) is 36.9 Å². The molecule has 0 unspecified atom stereocenters. The number of hydrogen-bond acceptors (Lipinski definition) is 5. The second kappa shape index (κ2) is 8.71. The average molecular weight is 495 g/mol. The van der Waals surface area contributed by atoms with E-state index in [1.807, 2.05) is 50.2 Å². The van der Waals surface area contributed by atoms with Gasteiger partial charge in [0.15, 0.2) is 17.2 Å². The molecule has 0 aromatic heterocycles. The first-order valence-corrected chi connectivity index (χ1v) is 9.98. The molecule has 1 aliphatic heterocycles. The molecule has 5 nitrogen and oxygen atoms in total. The molecule has 0 atom stereocenters. The highest BCUT2D eigenvalue weighted by Gasteiger charge is 2.25. The van der Waals surface area contributed by atoms with Crippen molar-refractivity contribution >= 4 is 49.8 Å². The van der Waals surface area contributed by atoms with Gasteiger partial charge in [0.25, 0.3) is 0 Å². The Bertz CT molecular complexity index is 938. The van der Waals surface area contributed by atoms with Gasteiger partial charge in [0, 0.05) is 4.47 Å². The Hall–Kier alpha value is -2.12. The van der Waals surface area contributed by atoms with Crippen molar-refractivity contribution in [3.8, 4) is 11.5 Å². The van der Waals surface area contributed by atoms with Crippen molar-refractivity contribution in [3.05, 3.63) is 62.2 Å². The van der Waals surface area contributed by atoms with Crippen LogP contribution in [0, 0.1) is 0 Å². The summed E-state index contributed by atoms with van der Waals surface area (Å²) in [7, 11) is 0. The van der Waals surface area contributed by atoms with E-state index < -0.39 is 5.97 Å². The van der Waals surface area contributed by atoms with E-state index in [1.165, 1.54) is 0 Å². The van der Waals surface area contributed by atoms with Crippen LogP contribution >= 0.6 is 31.9 Å². The van der Waals surface area contributed by atoms with Gasteiger partial charge >= 0.3 is 5.97 Å². The molecule has 0 spiro atoms. The number of aliphatic imine (C=N–C) groups is 1. The van der Waals surface area contributed by atoms with E-state index in [0.717, 1.165) is 20.1 Å². The van der Waals surface area contributed by atoms with Crippen LogP contribution in [0.1, 0.15) is 25.0 Å². The molecular weight excluding hydrogens is 478 g/mol. The van der Waals surface area contributed by atoms with Crippen LogP contribution in [0.15, 0.2) is 56.0 Å². The fourth-order valence-electron chi connectivity index (χ4n) is 2.54. The number of cyclic esters (lactones) is 1. The summed E-state index contributed by atoms with van der Waals surface area (Å²) < 4.78 is 18.2. The Labute approximate surface area is 174 Å². The Morgan fingerprint density at radius 1 is 1.07 bits per heavy atom. The lowest BCUT2D eigenvalue weighted by molar-refractivity contribution is -0.129. The molecule has 0 aliphatic carbocycles. The van der Waals surface area contributed by atoms with Crippen LogP contribution in [0.25, 0.3) is 6.08 Å². The first-order chi connectivity index (χ1) is 13.0. The molecule has 27 heavy (non-hydrogen) atoms. The van der Waals surface area contributed by atoms with Gasteiger partial charge in [-0.2, -0.15) is 0 Å². The highest BCUT2D eigenvalue weighted by atomic mass is 79.9. The summed E-state index contributed by atoms with van der Waals surface area (Å²) in [6, 6.07) is 11.1. The van der Waals surface area contributed by atoms with Gasteiger partial charge in [-0.15, -0.1) is 0 Å². The summed E-state index contributed by atoms with van der Waals surface area (Å²) in [6.45, 7) is 4.83. The van der Waals surface area contributed by atoms with Crippen LogP contribution in [0.2, 0.25) is 0 Å². The molecule has 2 aromatic rings. The van der Waals surface area contributed by atoms with Crippen molar-refractivity contribution in [1.29, 1.82) is 0 Å². The van der Waals surface area contributed by atoms with Crippen molar-refractivity contribution in [1.82, 2.24) is 0 Å². The molecule has 1 heterocycles. The summed E-state index contributed by atoms with van der Waals surface area (Å²) in [4.78, 5) is 16.6. The van der Waals surface area contributed by atoms with Crippen molar-refractivity contribution in [2.75, 3.05) is 13.2 Å². The maximum atomic E-state index is 12.3. The standard InChI is InChI=1S/C20H17Br2NO4/c1-3-25-17-11-12(9-15(22)18(17)26-4-2)10-16-20(24)27-19(23-16)13-7-5-6-8-14(13)21/h5-11H,3-4H2,1-2H3/b16-10-. The topological polar surface area (TPSA) is 57.1 Å². The van der Waals surface area contributed by atoms with Gasteiger partial charge in [-0.05, 0) is 81.6 Å². The van der Waals surface area contributed by atoms with E-state index >= 15 is 0 Å². The summed E-state index contributed by atoms with van der Waals surface area (Å²) >= 11 is 6.94. The molecule has 2 aromatic carbocycles. The first-order valence-electron chi connectivity index (χ1n) is 8.40. The second-order valence-electron chi connectivity index (χ2n) is 5.51. The molecule has 0 fully saturated rings. The van der Waals surface area contributed by atoms with Crippen LogP contribution in [0.4, 0.5) is 0 Å². The quantitative estimate of drug-likeness (QED) is 0.401. The molecule has 0 amide bonds. The summed E-state index contributed by atoms with van der Waals surface area (Å²) in [5.41, 5.74) is 1.69. The Kier molecular flexibility index (Phi) is 6.34. The van der Waals surface area contributed by atoms with Gasteiger partial charge in [0.05, 0.1) is 23.2 Å². The van der Waals surface area contributed by atoms with Crippen LogP contribution in [0.5, 0.6) is 11.5 Å². The smallest absolute Gasteiger partial charge is 0.363 e. The minimum absolute atomic E-state index is 0.222. The van der Waals surface area contributed by atoms with E-state index in [0.29, 0.717) is 24.7 Å². The summed E-state index contributed by atoms with van der Waals surface area (Å²) in [5, 5.41) is 0. The molecule has 140 valence electrons. The molecule has 0 N–H and O–H groups in total. The number of ether oxygens (including phenoxy) is 3. The minimum Gasteiger partial charge on any atom is -0.490 e. The lowest BCUT2D eigenvalue weighted by Crippen LogP contribution is -2.05. The number of rotatable bonds is 6. The second-order valence-corrected chi connectivity index (χ2v) is 7.22. The normalized spacial score (nSPS) is 14.9. The maximum Gasteiger partial charge on any atom is 0.363 e. The molecular formula is C20H17Br2NO4. The molecule has 0 saturated carbocycles. The van der Waals surface area contributed by atoms with E-state index in [1.54, 1.807) is 6.08 Å². The van der Waals surface area contributed by atoms with Gasteiger partial charge in [0.1, 0.15) is 0 Å². The predicted octanol–water partition coefficient (Wildman–Crippen LogP) is 5.35. The molecule has 3 rings (SSSR count). The van der Waals surface area contributed by atoms with E-state index in [4.69, 9.17) is 14.2 Å². The van der Waals surface area contributed by atoms with Crippen LogP contribution in [0.3, 0.4) is 0 Å². The van der Waals surface area contributed by atoms with E-state index in [-0.39, 0.29) is 11.6 Å². The van der Waals surface area contributed by atoms with Crippen molar-refractivity contribution < 1.29 is 19.0 Å². The number of benzene rings is 2. The number of carbonyl (C=O) groups excluding carboxylic acids is 1. The average Bonchev–Trinajstić information content (AvgIpc) is 2.99. The molecule has 7 heteroatoms. The van der Waals surface area contributed by atoms with Crippen LogP contribution in [-0.2, 0) is 9.53 Å². The Balaban J connectivity index is 1.98. The monoisotopic (exact) mass is 493 g/mol. The lowest BCUT2D eigenvalue weighted by Gasteiger charge is -2.13. The largest absolute Gasteiger partial charge is 0.490 e. The van der Waals surface area contributed by atoms with Crippen molar-refractivity contribution in [2.45, 2.75) is 13.8 Å². The van der Waals surface area contributed by atoms with Gasteiger partial charge in [-0.25, -0.2) is 9.79 Å². The number of halogens is 2. The lowest BCUT2D eigenvalue weighted by atomic mass is 10.1. The number of nitrogens with zero attached hydrogens (tertiary/aromatic N) is 1. The molecule has 0 saturated heterocycles. The number of carbonyl (C=O) groups is 1. The van der Waals surface area contributed by atoms with Gasteiger partial charge < -0.3 is 14.2 Å². The zero-order valence-electron chi connectivity index (χ0n) is 14.8. The maximum absolute atomic E-state index is 12.3. The SMILES string of the molecule is CCOc1cc(/C=C2\N=C(c3ccccc3Br)OC2=O)cc(Br)c1OCC. The zero-order valence-corrected chi connectivity index (χ0v) is 18.0. The van der Waals surface area contributed by atoms with Crippen molar-refractivity contribution in [2.24, 2.45) is 4.99 Å². The van der Waals surface area contributed by atoms with Crippen molar-refractivity contribution in [3.63, 3.8) is 0 Å². The Morgan fingerprint density at radius 3 is 2.52 bits per heavy atom. The molecule has 1 aliphatic rings. The van der Waals surface area contributed by atoms with Gasteiger partial charge in [-0.1, -0.05) is 12.1 Å². The third-order valence-electron chi connectivity index (χ3n) is 3.65. The van der Waals surface area contributed by atoms with Gasteiger partial charge in [0.2, 0.25) is 5.90 Å². The number of esters is 1. The van der Waals surface area contributed by atoms with Crippen LogP contribution < -0.4 is 9.47 Å². The number of hydrogen-bond donors (Lipinski definition) is 0. The van der Waals surface area contributed by atoms with Crippen LogP contribution in [-0.4, -0.2) is 25.1 Å². The highest BCUT2D eigenvalue weighted by Crippen LogP contribution is 2.38. The molecule has 0 radical (unpaired) electrons. The highest BCUT2D eigenvalue weighted by molar-refractivity contribution is 9.10. The fourth-order valence-corrected chi connectivity index (χ4v) is 3.56. The zero-order chi connectivity index (χ0) is 19.4. The fraction of sp³-hybridized carbons (Fsp3) is 0.200. The molecule has 0 bridgehead atoms.